The van der Waals surface area contributed by atoms with E-state index in [2.05, 4.69) is 0 Å². The van der Waals surface area contributed by atoms with Crippen LogP contribution in [0.3, 0.4) is 0 Å². The van der Waals surface area contributed by atoms with Crippen LogP contribution in [0.5, 0.6) is 11.5 Å². The molecule has 0 fully saturated rings. The molecule has 1 nitrogen and oxygen atoms in total. The minimum atomic E-state index is -0.428. The van der Waals surface area contributed by atoms with Gasteiger partial charge in [0.05, 0.1) is 5.88 Å². The summed E-state index contributed by atoms with van der Waals surface area (Å²) in [5.41, 5.74) is 1.46. The number of aryl methyl sites for hydroxylation is 1. The standard InChI is InChI=1S/C14H11Cl2FO/c1-9-7-11(16)5-6-13(9)18-14-10(8-15)3-2-4-12(14)17/h2-7H,8H2,1H3. The summed E-state index contributed by atoms with van der Waals surface area (Å²) in [5, 5.41) is 0.617. The Hall–Kier alpha value is -1.25. The smallest absolute Gasteiger partial charge is 0.167 e. The van der Waals surface area contributed by atoms with Crippen molar-refractivity contribution in [3.63, 3.8) is 0 Å². The van der Waals surface area contributed by atoms with Crippen LogP contribution >= 0.6 is 23.2 Å². The summed E-state index contributed by atoms with van der Waals surface area (Å²) in [6.07, 6.45) is 0. The number of rotatable bonds is 3. The molecule has 0 bridgehead atoms. The van der Waals surface area contributed by atoms with Gasteiger partial charge >= 0.3 is 0 Å². The summed E-state index contributed by atoms with van der Waals surface area (Å²) in [6, 6.07) is 9.85. The summed E-state index contributed by atoms with van der Waals surface area (Å²) < 4.78 is 19.3. The molecule has 94 valence electrons. The van der Waals surface area contributed by atoms with Gasteiger partial charge in [0, 0.05) is 10.6 Å². The third kappa shape index (κ3) is 2.77. The first-order valence-electron chi connectivity index (χ1n) is 5.39. The van der Waals surface area contributed by atoms with Crippen LogP contribution < -0.4 is 4.74 Å². The van der Waals surface area contributed by atoms with Gasteiger partial charge in [0.25, 0.3) is 0 Å². The highest BCUT2D eigenvalue weighted by atomic mass is 35.5. The Bertz CT molecular complexity index is 570. The zero-order valence-corrected chi connectivity index (χ0v) is 11.2. The van der Waals surface area contributed by atoms with E-state index < -0.39 is 5.82 Å². The van der Waals surface area contributed by atoms with E-state index in [-0.39, 0.29) is 11.6 Å². The van der Waals surface area contributed by atoms with Gasteiger partial charge in [-0.1, -0.05) is 23.7 Å². The van der Waals surface area contributed by atoms with Gasteiger partial charge in [0.2, 0.25) is 0 Å². The fraction of sp³-hybridized carbons (Fsp3) is 0.143. The molecule has 4 heteroatoms. The zero-order chi connectivity index (χ0) is 13.1. The Morgan fingerprint density at radius 2 is 2.00 bits per heavy atom. The highest BCUT2D eigenvalue weighted by Crippen LogP contribution is 2.32. The predicted octanol–water partition coefficient (Wildman–Crippen LogP) is 5.32. The molecule has 0 heterocycles. The van der Waals surface area contributed by atoms with Crippen LogP contribution in [0.4, 0.5) is 4.39 Å². The summed E-state index contributed by atoms with van der Waals surface area (Å²) in [6.45, 7) is 1.85. The van der Waals surface area contributed by atoms with E-state index in [9.17, 15) is 4.39 Å². The molecule has 0 saturated carbocycles. The van der Waals surface area contributed by atoms with E-state index in [0.29, 0.717) is 16.3 Å². The highest BCUT2D eigenvalue weighted by Gasteiger charge is 2.11. The molecule has 0 radical (unpaired) electrons. The molecular formula is C14H11Cl2FO. The van der Waals surface area contributed by atoms with Crippen LogP contribution in [-0.2, 0) is 5.88 Å². The van der Waals surface area contributed by atoms with Gasteiger partial charge in [-0.25, -0.2) is 4.39 Å². The number of hydrogen-bond acceptors (Lipinski definition) is 1. The van der Waals surface area contributed by atoms with Crippen molar-refractivity contribution in [2.45, 2.75) is 12.8 Å². The Labute approximate surface area is 115 Å². The van der Waals surface area contributed by atoms with Crippen molar-refractivity contribution in [2.24, 2.45) is 0 Å². The number of benzene rings is 2. The molecular weight excluding hydrogens is 274 g/mol. The third-order valence-electron chi connectivity index (χ3n) is 2.54. The van der Waals surface area contributed by atoms with Crippen molar-refractivity contribution in [1.82, 2.24) is 0 Å². The molecule has 0 aliphatic carbocycles. The fourth-order valence-corrected chi connectivity index (χ4v) is 2.05. The molecule has 0 spiro atoms. The van der Waals surface area contributed by atoms with Crippen molar-refractivity contribution < 1.29 is 9.13 Å². The first-order chi connectivity index (χ1) is 8.61. The Balaban J connectivity index is 2.39. The Morgan fingerprint density at radius 1 is 1.22 bits per heavy atom. The summed E-state index contributed by atoms with van der Waals surface area (Å²) >= 11 is 11.6. The lowest BCUT2D eigenvalue weighted by Gasteiger charge is -2.12. The maximum Gasteiger partial charge on any atom is 0.167 e. The number of halogens is 3. The molecule has 0 N–H and O–H groups in total. The van der Waals surface area contributed by atoms with Gasteiger partial charge in [0.15, 0.2) is 11.6 Å². The molecule has 0 amide bonds. The quantitative estimate of drug-likeness (QED) is 0.693. The highest BCUT2D eigenvalue weighted by molar-refractivity contribution is 6.30. The van der Waals surface area contributed by atoms with E-state index in [1.54, 1.807) is 30.3 Å². The lowest BCUT2D eigenvalue weighted by atomic mass is 10.2. The van der Waals surface area contributed by atoms with Crippen molar-refractivity contribution in [2.75, 3.05) is 0 Å². The number of ether oxygens (including phenoxy) is 1. The lowest BCUT2D eigenvalue weighted by Crippen LogP contribution is -1.94. The number of alkyl halides is 1. The monoisotopic (exact) mass is 284 g/mol. The summed E-state index contributed by atoms with van der Waals surface area (Å²) in [7, 11) is 0. The second-order valence-corrected chi connectivity index (χ2v) is 4.58. The average Bonchev–Trinajstić information content (AvgIpc) is 2.34. The topological polar surface area (TPSA) is 9.23 Å². The van der Waals surface area contributed by atoms with Gasteiger partial charge in [-0.2, -0.15) is 0 Å². The second-order valence-electron chi connectivity index (χ2n) is 3.87. The van der Waals surface area contributed by atoms with Crippen LogP contribution in [0.2, 0.25) is 5.02 Å². The van der Waals surface area contributed by atoms with Crippen LogP contribution in [0.1, 0.15) is 11.1 Å². The molecule has 2 aromatic rings. The molecule has 0 aliphatic rings. The molecule has 0 saturated heterocycles. The van der Waals surface area contributed by atoms with Crippen molar-refractivity contribution >= 4 is 23.2 Å². The second kappa shape index (κ2) is 5.59. The van der Waals surface area contributed by atoms with E-state index in [0.717, 1.165) is 5.56 Å². The maximum absolute atomic E-state index is 13.7. The van der Waals surface area contributed by atoms with Crippen molar-refractivity contribution in [1.29, 1.82) is 0 Å². The third-order valence-corrected chi connectivity index (χ3v) is 3.06. The predicted molar refractivity (Wildman–Crippen MR) is 72.2 cm³/mol. The molecule has 0 aliphatic heterocycles. The normalized spacial score (nSPS) is 10.4. The molecule has 18 heavy (non-hydrogen) atoms. The summed E-state index contributed by atoms with van der Waals surface area (Å²) in [4.78, 5) is 0. The Morgan fingerprint density at radius 3 is 2.67 bits per heavy atom. The summed E-state index contributed by atoms with van der Waals surface area (Å²) in [5.74, 6) is 0.496. The number of hydrogen-bond donors (Lipinski definition) is 0. The number of para-hydroxylation sites is 1. The first kappa shape index (κ1) is 13.2. The van der Waals surface area contributed by atoms with Gasteiger partial charge < -0.3 is 4.74 Å². The van der Waals surface area contributed by atoms with Gasteiger partial charge in [0.1, 0.15) is 5.75 Å². The van der Waals surface area contributed by atoms with E-state index in [1.165, 1.54) is 6.07 Å². The molecule has 2 aromatic carbocycles. The van der Waals surface area contributed by atoms with Gasteiger partial charge in [-0.15, -0.1) is 11.6 Å². The minimum absolute atomic E-state index is 0.165. The van der Waals surface area contributed by atoms with Crippen LogP contribution in [0, 0.1) is 12.7 Å². The molecule has 0 atom stereocenters. The van der Waals surface area contributed by atoms with Crippen molar-refractivity contribution in [3.8, 4) is 11.5 Å². The first-order valence-corrected chi connectivity index (χ1v) is 6.30. The zero-order valence-electron chi connectivity index (χ0n) is 9.71. The average molecular weight is 285 g/mol. The largest absolute Gasteiger partial charge is 0.454 e. The van der Waals surface area contributed by atoms with Gasteiger partial charge in [-0.05, 0) is 36.8 Å². The molecule has 2 rings (SSSR count). The maximum atomic E-state index is 13.7. The SMILES string of the molecule is Cc1cc(Cl)ccc1Oc1c(F)cccc1CCl. The Kier molecular flexibility index (Phi) is 4.10. The van der Waals surface area contributed by atoms with Crippen molar-refractivity contribution in [3.05, 3.63) is 58.4 Å². The van der Waals surface area contributed by atoms with Gasteiger partial charge in [-0.3, -0.25) is 0 Å². The van der Waals surface area contributed by atoms with E-state index >= 15 is 0 Å². The van der Waals surface area contributed by atoms with Crippen LogP contribution in [0.25, 0.3) is 0 Å². The molecule has 0 aromatic heterocycles. The van der Waals surface area contributed by atoms with Crippen LogP contribution in [0.15, 0.2) is 36.4 Å². The fourth-order valence-electron chi connectivity index (χ4n) is 1.61. The van der Waals surface area contributed by atoms with Crippen LogP contribution in [-0.4, -0.2) is 0 Å². The minimum Gasteiger partial charge on any atom is -0.454 e. The molecule has 0 unspecified atom stereocenters. The lowest BCUT2D eigenvalue weighted by molar-refractivity contribution is 0.435. The van der Waals surface area contributed by atoms with E-state index in [4.69, 9.17) is 27.9 Å². The van der Waals surface area contributed by atoms with E-state index in [1.807, 2.05) is 6.92 Å².